The molecule has 1 rings (SSSR count). The predicted molar refractivity (Wildman–Crippen MR) is 37.8 cm³/mol. The highest BCUT2D eigenvalue weighted by molar-refractivity contribution is 5.85. The lowest BCUT2D eigenvalue weighted by molar-refractivity contribution is -0.0501. The molecule has 0 bridgehead atoms. The van der Waals surface area contributed by atoms with Gasteiger partial charge in [-0.15, -0.1) is 0 Å². The van der Waals surface area contributed by atoms with Crippen LogP contribution < -0.4 is 4.74 Å². The predicted octanol–water partition coefficient (Wildman–Crippen LogP) is 1.52. The van der Waals surface area contributed by atoms with Crippen LogP contribution in [0.4, 0.5) is 13.2 Å². The number of aromatic carboxylic acids is 1. The van der Waals surface area contributed by atoms with Crippen molar-refractivity contribution >= 4 is 5.97 Å². The number of alkyl halides is 2. The Morgan fingerprint density at radius 2 is 2.14 bits per heavy atom. The Labute approximate surface area is 75.9 Å². The fourth-order valence-corrected chi connectivity index (χ4v) is 0.754. The maximum atomic E-state index is 12.5. The van der Waals surface area contributed by atoms with Gasteiger partial charge in [0.15, 0.2) is 5.69 Å². The SMILES string of the molecule is O=C(O)c1cc(OC(F)F)cc(F)n1. The van der Waals surface area contributed by atoms with Crippen LogP contribution in [-0.2, 0) is 0 Å². The van der Waals surface area contributed by atoms with Gasteiger partial charge in [-0.2, -0.15) is 13.2 Å². The van der Waals surface area contributed by atoms with Gasteiger partial charge in [-0.25, -0.2) is 9.78 Å². The van der Waals surface area contributed by atoms with E-state index in [1.165, 1.54) is 0 Å². The van der Waals surface area contributed by atoms with Crippen LogP contribution in [0.1, 0.15) is 10.5 Å². The van der Waals surface area contributed by atoms with E-state index in [1.807, 2.05) is 0 Å². The largest absolute Gasteiger partial charge is 0.477 e. The summed E-state index contributed by atoms with van der Waals surface area (Å²) in [7, 11) is 0. The normalized spacial score (nSPS) is 10.3. The first kappa shape index (κ1) is 10.3. The molecule has 0 fully saturated rings. The van der Waals surface area contributed by atoms with Gasteiger partial charge in [-0.05, 0) is 0 Å². The molecule has 0 unspecified atom stereocenters. The number of carbonyl (C=O) groups is 1. The van der Waals surface area contributed by atoms with Crippen LogP contribution in [0.15, 0.2) is 12.1 Å². The second-order valence-electron chi connectivity index (χ2n) is 2.19. The van der Waals surface area contributed by atoms with Crippen molar-refractivity contribution in [2.24, 2.45) is 0 Å². The fourth-order valence-electron chi connectivity index (χ4n) is 0.754. The summed E-state index contributed by atoms with van der Waals surface area (Å²) in [5.41, 5.74) is -0.694. The Morgan fingerprint density at radius 1 is 1.50 bits per heavy atom. The lowest BCUT2D eigenvalue weighted by atomic mass is 10.3. The Hall–Kier alpha value is -1.79. The first-order chi connectivity index (χ1) is 6.49. The first-order valence-corrected chi connectivity index (χ1v) is 3.34. The molecule has 0 atom stereocenters. The highest BCUT2D eigenvalue weighted by atomic mass is 19.3. The summed E-state index contributed by atoms with van der Waals surface area (Å²) < 4.78 is 39.7. The molecular weight excluding hydrogens is 203 g/mol. The summed E-state index contributed by atoms with van der Waals surface area (Å²) in [5.74, 6) is -3.30. The molecule has 4 nitrogen and oxygen atoms in total. The standard InChI is InChI=1S/C7H4F3NO3/c8-5-2-3(14-7(9)10)1-4(11-5)6(12)13/h1-2,7H,(H,12,13). The second-order valence-corrected chi connectivity index (χ2v) is 2.19. The molecule has 1 N–H and O–H groups in total. The third-order valence-electron chi connectivity index (χ3n) is 1.21. The molecule has 0 radical (unpaired) electrons. The average Bonchev–Trinajstić information content (AvgIpc) is 2.01. The maximum absolute atomic E-state index is 12.5. The molecule has 0 spiro atoms. The minimum Gasteiger partial charge on any atom is -0.477 e. The number of halogens is 3. The molecule has 76 valence electrons. The van der Waals surface area contributed by atoms with Crippen molar-refractivity contribution in [2.75, 3.05) is 0 Å². The molecule has 1 aromatic heterocycles. The molecule has 0 amide bonds. The third-order valence-corrected chi connectivity index (χ3v) is 1.21. The lowest BCUT2D eigenvalue weighted by Crippen LogP contribution is -2.06. The highest BCUT2D eigenvalue weighted by Crippen LogP contribution is 2.16. The summed E-state index contributed by atoms with van der Waals surface area (Å²) in [5, 5.41) is 8.40. The molecule has 0 aliphatic heterocycles. The third kappa shape index (κ3) is 2.61. The molecular formula is C7H4F3NO3. The summed E-state index contributed by atoms with van der Waals surface area (Å²) in [4.78, 5) is 13.3. The molecule has 0 aromatic carbocycles. The van der Waals surface area contributed by atoms with Crippen molar-refractivity contribution in [3.05, 3.63) is 23.8 Å². The number of rotatable bonds is 3. The Bertz CT molecular complexity index is 356. The maximum Gasteiger partial charge on any atom is 0.387 e. The second kappa shape index (κ2) is 3.95. The van der Waals surface area contributed by atoms with Crippen LogP contribution in [0.2, 0.25) is 0 Å². The number of nitrogens with zero attached hydrogens (tertiary/aromatic N) is 1. The zero-order valence-electron chi connectivity index (χ0n) is 6.58. The number of carboxylic acid groups (broad SMARTS) is 1. The van der Waals surface area contributed by atoms with E-state index in [0.717, 1.165) is 0 Å². The van der Waals surface area contributed by atoms with Crippen LogP contribution in [0.3, 0.4) is 0 Å². The van der Waals surface area contributed by atoms with E-state index in [0.29, 0.717) is 12.1 Å². The lowest BCUT2D eigenvalue weighted by Gasteiger charge is -2.04. The molecule has 0 saturated heterocycles. The molecule has 0 aliphatic rings. The van der Waals surface area contributed by atoms with E-state index >= 15 is 0 Å². The quantitative estimate of drug-likeness (QED) is 0.763. The Kier molecular flexibility index (Phi) is 2.90. The van der Waals surface area contributed by atoms with Crippen LogP contribution in [-0.4, -0.2) is 22.7 Å². The van der Waals surface area contributed by atoms with Gasteiger partial charge in [0.05, 0.1) is 0 Å². The Balaban J connectivity index is 3.01. The molecule has 0 aliphatic carbocycles. The summed E-state index contributed by atoms with van der Waals surface area (Å²) in [6, 6.07) is 1.27. The minimum absolute atomic E-state index is 0.568. The van der Waals surface area contributed by atoms with Crippen molar-refractivity contribution in [1.29, 1.82) is 0 Å². The molecule has 1 aromatic rings. The zero-order chi connectivity index (χ0) is 10.7. The molecule has 14 heavy (non-hydrogen) atoms. The van der Waals surface area contributed by atoms with Gasteiger partial charge in [0.25, 0.3) is 0 Å². The number of hydrogen-bond acceptors (Lipinski definition) is 3. The summed E-state index contributed by atoms with van der Waals surface area (Å²) in [6.07, 6.45) is 0. The van der Waals surface area contributed by atoms with Crippen LogP contribution in [0.25, 0.3) is 0 Å². The van der Waals surface area contributed by atoms with Gasteiger partial charge < -0.3 is 9.84 Å². The average molecular weight is 207 g/mol. The molecule has 1 heterocycles. The first-order valence-electron chi connectivity index (χ1n) is 3.34. The molecule has 0 saturated carbocycles. The number of carboxylic acids is 1. The fraction of sp³-hybridized carbons (Fsp3) is 0.143. The van der Waals surface area contributed by atoms with Crippen molar-refractivity contribution in [1.82, 2.24) is 4.98 Å². The van der Waals surface area contributed by atoms with E-state index in [1.54, 1.807) is 0 Å². The van der Waals surface area contributed by atoms with E-state index in [9.17, 15) is 18.0 Å². The van der Waals surface area contributed by atoms with E-state index in [4.69, 9.17) is 5.11 Å². The van der Waals surface area contributed by atoms with Crippen molar-refractivity contribution in [3.63, 3.8) is 0 Å². The number of pyridine rings is 1. The van der Waals surface area contributed by atoms with Crippen LogP contribution in [0, 0.1) is 5.95 Å². The topological polar surface area (TPSA) is 59.4 Å². The van der Waals surface area contributed by atoms with Gasteiger partial charge in [-0.1, -0.05) is 0 Å². The van der Waals surface area contributed by atoms with Crippen molar-refractivity contribution in [2.45, 2.75) is 6.61 Å². The van der Waals surface area contributed by atoms with Gasteiger partial charge in [0.1, 0.15) is 5.75 Å². The monoisotopic (exact) mass is 207 g/mol. The van der Waals surface area contributed by atoms with E-state index in [2.05, 4.69) is 9.72 Å². The summed E-state index contributed by atoms with van der Waals surface area (Å²) in [6.45, 7) is -3.14. The number of ether oxygens (including phenoxy) is 1. The van der Waals surface area contributed by atoms with Gasteiger partial charge in [0.2, 0.25) is 5.95 Å². The van der Waals surface area contributed by atoms with E-state index in [-0.39, 0.29) is 0 Å². The smallest absolute Gasteiger partial charge is 0.387 e. The minimum atomic E-state index is -3.14. The van der Waals surface area contributed by atoms with Crippen molar-refractivity contribution < 1.29 is 27.8 Å². The van der Waals surface area contributed by atoms with Crippen LogP contribution >= 0.6 is 0 Å². The Morgan fingerprint density at radius 3 is 2.64 bits per heavy atom. The van der Waals surface area contributed by atoms with Crippen molar-refractivity contribution in [3.8, 4) is 5.75 Å². The van der Waals surface area contributed by atoms with Gasteiger partial charge in [0, 0.05) is 12.1 Å². The highest BCUT2D eigenvalue weighted by Gasteiger charge is 2.12. The zero-order valence-corrected chi connectivity index (χ0v) is 6.58. The van der Waals surface area contributed by atoms with Gasteiger partial charge in [-0.3, -0.25) is 0 Å². The van der Waals surface area contributed by atoms with Gasteiger partial charge >= 0.3 is 12.6 Å². The van der Waals surface area contributed by atoms with Crippen LogP contribution in [0.5, 0.6) is 5.75 Å². The molecule has 7 heteroatoms. The summed E-state index contributed by atoms with van der Waals surface area (Å²) >= 11 is 0. The number of hydrogen-bond donors (Lipinski definition) is 1. The van der Waals surface area contributed by atoms with E-state index < -0.39 is 30.0 Å². The number of aromatic nitrogens is 1.